The van der Waals surface area contributed by atoms with Crippen molar-refractivity contribution in [2.24, 2.45) is 5.10 Å². The number of amides is 1. The minimum absolute atomic E-state index is 0.0230. The number of sulfonamides is 1. The Bertz CT molecular complexity index is 1380. The van der Waals surface area contributed by atoms with Crippen LogP contribution in [0.5, 0.6) is 11.5 Å². The first-order valence-corrected chi connectivity index (χ1v) is 12.7. The van der Waals surface area contributed by atoms with Crippen molar-refractivity contribution in [1.29, 1.82) is 0 Å². The van der Waals surface area contributed by atoms with Crippen molar-refractivity contribution in [3.8, 4) is 11.5 Å². The summed E-state index contributed by atoms with van der Waals surface area (Å²) in [5.41, 5.74) is 3.83. The molecule has 1 aliphatic heterocycles. The molecule has 0 fully saturated rings. The van der Waals surface area contributed by atoms with E-state index < -0.39 is 22.5 Å². The molecule has 8 nitrogen and oxygen atoms in total. The number of nitrogens with zero attached hydrogens (tertiary/aromatic N) is 2. The number of hydrogen-bond donors (Lipinski definition) is 1. The summed E-state index contributed by atoms with van der Waals surface area (Å²) in [5, 5.41) is 4.55. The molecule has 1 aliphatic rings. The lowest BCUT2D eigenvalue weighted by Crippen LogP contribution is -2.39. The summed E-state index contributed by atoms with van der Waals surface area (Å²) in [6.45, 7) is 2.11. The largest absolute Gasteiger partial charge is 0.486 e. The van der Waals surface area contributed by atoms with E-state index in [4.69, 9.17) is 32.7 Å². The predicted molar refractivity (Wildman–Crippen MR) is 135 cm³/mol. The van der Waals surface area contributed by atoms with Gasteiger partial charge in [-0.05, 0) is 55.5 Å². The second-order valence-corrected chi connectivity index (χ2v) is 10.2. The maximum absolute atomic E-state index is 13.4. The van der Waals surface area contributed by atoms with Crippen molar-refractivity contribution in [3.63, 3.8) is 0 Å². The number of hydrazone groups is 1. The maximum Gasteiger partial charge on any atom is 0.264 e. The smallest absolute Gasteiger partial charge is 0.264 e. The zero-order valence-corrected chi connectivity index (χ0v) is 20.9. The summed E-state index contributed by atoms with van der Waals surface area (Å²) in [7, 11) is -4.09. The Morgan fingerprint density at radius 3 is 2.40 bits per heavy atom. The van der Waals surface area contributed by atoms with Gasteiger partial charge in [-0.15, -0.1) is 0 Å². The third-order valence-corrected chi connectivity index (χ3v) is 7.64. The Hall–Kier alpha value is -3.27. The second kappa shape index (κ2) is 10.6. The van der Waals surface area contributed by atoms with Gasteiger partial charge in [-0.1, -0.05) is 41.4 Å². The summed E-state index contributed by atoms with van der Waals surface area (Å²) in [6.07, 6.45) is 0. The Morgan fingerprint density at radius 2 is 1.69 bits per heavy atom. The van der Waals surface area contributed by atoms with Crippen molar-refractivity contribution >= 4 is 50.5 Å². The molecule has 1 amide bonds. The van der Waals surface area contributed by atoms with Crippen molar-refractivity contribution in [1.82, 2.24) is 5.43 Å². The molecule has 11 heteroatoms. The van der Waals surface area contributed by atoms with Crippen molar-refractivity contribution in [2.45, 2.75) is 11.8 Å². The molecule has 0 unspecified atom stereocenters. The highest BCUT2D eigenvalue weighted by molar-refractivity contribution is 7.92. The van der Waals surface area contributed by atoms with Crippen LogP contribution in [0.1, 0.15) is 12.5 Å². The number of hydrogen-bond acceptors (Lipinski definition) is 6. The van der Waals surface area contributed by atoms with Crippen LogP contribution in [0.3, 0.4) is 0 Å². The highest BCUT2D eigenvalue weighted by Gasteiger charge is 2.27. The first kappa shape index (κ1) is 24.8. The van der Waals surface area contributed by atoms with E-state index in [1.54, 1.807) is 43.3 Å². The maximum atomic E-state index is 13.4. The second-order valence-electron chi connectivity index (χ2n) is 7.51. The van der Waals surface area contributed by atoms with Crippen molar-refractivity contribution in [2.75, 3.05) is 24.1 Å². The number of nitrogens with one attached hydrogen (secondary N) is 1. The average molecular weight is 534 g/mol. The summed E-state index contributed by atoms with van der Waals surface area (Å²) in [6, 6.07) is 17.4. The molecule has 182 valence electrons. The third kappa shape index (κ3) is 5.70. The van der Waals surface area contributed by atoms with E-state index in [0.717, 1.165) is 4.31 Å². The molecule has 0 bridgehead atoms. The minimum atomic E-state index is -4.09. The fraction of sp³-hybridized carbons (Fsp3) is 0.167. The van der Waals surface area contributed by atoms with Gasteiger partial charge in [0.15, 0.2) is 11.5 Å². The third-order valence-electron chi connectivity index (χ3n) is 5.12. The molecule has 0 saturated heterocycles. The van der Waals surface area contributed by atoms with E-state index in [9.17, 15) is 13.2 Å². The van der Waals surface area contributed by atoms with Gasteiger partial charge in [0.05, 0.1) is 26.3 Å². The molecule has 0 saturated carbocycles. The lowest BCUT2D eigenvalue weighted by molar-refractivity contribution is -0.119. The van der Waals surface area contributed by atoms with Crippen LogP contribution in [0.15, 0.2) is 76.7 Å². The zero-order chi connectivity index (χ0) is 25.0. The number of halogens is 2. The van der Waals surface area contributed by atoms with Gasteiger partial charge in [-0.3, -0.25) is 9.10 Å². The lowest BCUT2D eigenvalue weighted by atomic mass is 10.1. The van der Waals surface area contributed by atoms with Crippen molar-refractivity contribution in [3.05, 3.63) is 82.3 Å². The van der Waals surface area contributed by atoms with Gasteiger partial charge in [0.1, 0.15) is 19.8 Å². The van der Waals surface area contributed by atoms with Gasteiger partial charge >= 0.3 is 0 Å². The zero-order valence-electron chi connectivity index (χ0n) is 18.6. The van der Waals surface area contributed by atoms with Gasteiger partial charge in [-0.2, -0.15) is 5.10 Å². The van der Waals surface area contributed by atoms with Crippen LogP contribution in [-0.2, 0) is 14.8 Å². The van der Waals surface area contributed by atoms with Crippen LogP contribution in [0.4, 0.5) is 5.69 Å². The molecule has 0 atom stereocenters. The Morgan fingerprint density at radius 1 is 0.971 bits per heavy atom. The molecular formula is C24H21Cl2N3O5S. The van der Waals surface area contributed by atoms with Gasteiger partial charge in [0.25, 0.3) is 15.9 Å². The number of benzene rings is 3. The van der Waals surface area contributed by atoms with Crippen LogP contribution in [0, 0.1) is 0 Å². The van der Waals surface area contributed by atoms with Gasteiger partial charge < -0.3 is 9.47 Å². The fourth-order valence-electron chi connectivity index (χ4n) is 3.32. The van der Waals surface area contributed by atoms with E-state index in [1.165, 1.54) is 30.3 Å². The van der Waals surface area contributed by atoms with Gasteiger partial charge in [-0.25, -0.2) is 13.8 Å². The van der Waals surface area contributed by atoms with E-state index in [-0.39, 0.29) is 20.6 Å². The van der Waals surface area contributed by atoms with Gasteiger partial charge in [0, 0.05) is 5.56 Å². The molecule has 4 rings (SSSR count). The molecule has 1 heterocycles. The van der Waals surface area contributed by atoms with Gasteiger partial charge in [0.2, 0.25) is 0 Å². The number of carbonyl (C=O) groups is 1. The minimum Gasteiger partial charge on any atom is -0.486 e. The van der Waals surface area contributed by atoms with Crippen LogP contribution >= 0.6 is 23.2 Å². The first-order valence-electron chi connectivity index (χ1n) is 10.5. The Labute approximate surface area is 213 Å². The molecule has 3 aromatic rings. The summed E-state index contributed by atoms with van der Waals surface area (Å²) in [5.74, 6) is 0.585. The lowest BCUT2D eigenvalue weighted by Gasteiger charge is -2.24. The molecule has 1 N–H and O–H groups in total. The number of ether oxygens (including phenoxy) is 2. The van der Waals surface area contributed by atoms with Crippen molar-refractivity contribution < 1.29 is 22.7 Å². The molecule has 3 aromatic carbocycles. The van der Waals surface area contributed by atoms with E-state index in [1.807, 2.05) is 0 Å². The average Bonchev–Trinajstić information content (AvgIpc) is 2.87. The molecule has 0 aliphatic carbocycles. The predicted octanol–water partition coefficient (Wildman–Crippen LogP) is 4.50. The molecule has 35 heavy (non-hydrogen) atoms. The van der Waals surface area contributed by atoms with E-state index >= 15 is 0 Å². The first-order chi connectivity index (χ1) is 16.8. The fourth-order valence-corrected chi connectivity index (χ4v) is 5.05. The molecule has 0 radical (unpaired) electrons. The molecule has 0 spiro atoms. The Balaban J connectivity index is 1.57. The number of fused-ring (bicyclic) bond motifs is 1. The Kier molecular flexibility index (Phi) is 7.49. The van der Waals surface area contributed by atoms with E-state index in [2.05, 4.69) is 10.5 Å². The summed E-state index contributed by atoms with van der Waals surface area (Å²) in [4.78, 5) is 12.8. The quantitative estimate of drug-likeness (QED) is 0.356. The molecule has 0 aromatic heterocycles. The number of carbonyl (C=O) groups excluding carboxylic acids is 1. The normalized spacial score (nSPS) is 13.3. The number of rotatable bonds is 7. The monoisotopic (exact) mass is 533 g/mol. The highest BCUT2D eigenvalue weighted by atomic mass is 35.5. The topological polar surface area (TPSA) is 97.3 Å². The molecular weight excluding hydrogens is 513 g/mol. The standard InChI is InChI=1S/C24H21Cl2N3O5S/c1-16(17-7-10-22-23(13-17)34-12-11-33-22)27-28-24(30)15-29(18-8-9-20(25)21(26)14-18)35(31,32)19-5-3-2-4-6-19/h2-10,13-14H,11-12,15H2,1H3,(H,28,30)/b27-16-. The summed E-state index contributed by atoms with van der Waals surface area (Å²) >= 11 is 12.1. The van der Waals surface area contributed by atoms with Crippen LogP contribution < -0.4 is 19.2 Å². The SMILES string of the molecule is C/C(=N/NC(=O)CN(c1ccc(Cl)c(Cl)c1)S(=O)(=O)c1ccccc1)c1ccc2c(c1)OCCO2. The number of anilines is 1. The van der Waals surface area contributed by atoms with E-state index in [0.29, 0.717) is 36.0 Å². The van der Waals surface area contributed by atoms with Crippen LogP contribution in [-0.4, -0.2) is 39.8 Å². The van der Waals surface area contributed by atoms with Crippen LogP contribution in [0.25, 0.3) is 0 Å². The summed E-state index contributed by atoms with van der Waals surface area (Å²) < 4.78 is 38.8. The highest BCUT2D eigenvalue weighted by Crippen LogP contribution is 2.32. The van der Waals surface area contributed by atoms with Crippen LogP contribution in [0.2, 0.25) is 10.0 Å².